The Morgan fingerprint density at radius 2 is 2.25 bits per heavy atom. The molecule has 1 heterocycles. The first-order valence-corrected chi connectivity index (χ1v) is 5.12. The molecule has 0 aliphatic heterocycles. The Kier molecular flexibility index (Phi) is 4.30. The summed E-state index contributed by atoms with van der Waals surface area (Å²) < 4.78 is 9.59. The van der Waals surface area contributed by atoms with Crippen LogP contribution in [-0.2, 0) is 9.53 Å². The fourth-order valence-electron chi connectivity index (χ4n) is 1.06. The van der Waals surface area contributed by atoms with E-state index in [9.17, 15) is 9.59 Å². The first kappa shape index (κ1) is 12.5. The van der Waals surface area contributed by atoms with E-state index in [2.05, 4.69) is 10.5 Å². The Bertz CT molecular complexity index is 402. The van der Waals surface area contributed by atoms with Gasteiger partial charge in [0, 0.05) is 0 Å². The smallest absolute Gasteiger partial charge is 0.345 e. The highest BCUT2D eigenvalue weighted by molar-refractivity contribution is 6.29. The molecular weight excluding hydrogens is 236 g/mol. The molecule has 7 heteroatoms. The van der Waals surface area contributed by atoms with Crippen LogP contribution in [0.4, 0.5) is 5.88 Å². The number of aryl methyl sites for hydroxylation is 1. The average Bonchev–Trinajstić information content (AvgIpc) is 2.60. The zero-order valence-electron chi connectivity index (χ0n) is 8.87. The summed E-state index contributed by atoms with van der Waals surface area (Å²) >= 11 is 5.31. The van der Waals surface area contributed by atoms with Gasteiger partial charge in [-0.2, -0.15) is 0 Å². The highest BCUT2D eigenvalue weighted by Crippen LogP contribution is 2.20. The van der Waals surface area contributed by atoms with Crippen LogP contribution >= 0.6 is 11.6 Å². The van der Waals surface area contributed by atoms with Crippen LogP contribution in [0.3, 0.4) is 0 Å². The molecule has 0 saturated carbocycles. The number of carbonyl (C=O) groups excluding carboxylic acids is 2. The van der Waals surface area contributed by atoms with Crippen LogP contribution in [0.25, 0.3) is 0 Å². The van der Waals surface area contributed by atoms with Gasteiger partial charge in [-0.15, -0.1) is 11.6 Å². The molecule has 0 radical (unpaired) electrons. The first-order valence-electron chi connectivity index (χ1n) is 4.59. The minimum absolute atomic E-state index is 0.0402. The molecule has 0 atom stereocenters. The summed E-state index contributed by atoms with van der Waals surface area (Å²) in [6.07, 6.45) is 0. The van der Waals surface area contributed by atoms with E-state index in [1.807, 2.05) is 0 Å². The van der Waals surface area contributed by atoms with Crippen molar-refractivity contribution in [1.29, 1.82) is 0 Å². The zero-order chi connectivity index (χ0) is 12.1. The molecule has 0 aromatic carbocycles. The van der Waals surface area contributed by atoms with Gasteiger partial charge in [0.25, 0.3) is 0 Å². The molecule has 1 amide bonds. The van der Waals surface area contributed by atoms with Gasteiger partial charge in [-0.25, -0.2) is 4.79 Å². The highest BCUT2D eigenvalue weighted by Gasteiger charge is 2.22. The molecule has 0 bridgehead atoms. The molecule has 0 fully saturated rings. The number of esters is 1. The van der Waals surface area contributed by atoms with E-state index in [1.165, 1.54) is 0 Å². The molecule has 1 aromatic heterocycles. The van der Waals surface area contributed by atoms with Crippen molar-refractivity contribution in [2.24, 2.45) is 0 Å². The van der Waals surface area contributed by atoms with Crippen molar-refractivity contribution < 1.29 is 18.8 Å². The highest BCUT2D eigenvalue weighted by atomic mass is 35.5. The normalized spacial score (nSPS) is 9.94. The van der Waals surface area contributed by atoms with Crippen molar-refractivity contribution >= 4 is 29.4 Å². The van der Waals surface area contributed by atoms with Crippen molar-refractivity contribution in [2.75, 3.05) is 17.8 Å². The lowest BCUT2D eigenvalue weighted by Crippen LogP contribution is -2.15. The van der Waals surface area contributed by atoms with Crippen molar-refractivity contribution in [3.63, 3.8) is 0 Å². The Balaban J connectivity index is 2.93. The SMILES string of the molecule is CCOC(=O)c1c(C)noc1NC(=O)CCl. The van der Waals surface area contributed by atoms with E-state index in [1.54, 1.807) is 13.8 Å². The number of anilines is 1. The number of amides is 1. The molecule has 0 spiro atoms. The van der Waals surface area contributed by atoms with Gasteiger partial charge in [-0.3, -0.25) is 10.1 Å². The third-order valence-corrected chi connectivity index (χ3v) is 1.96. The van der Waals surface area contributed by atoms with Gasteiger partial charge in [-0.1, -0.05) is 5.16 Å². The molecular formula is C9H11ClN2O4. The molecule has 1 aromatic rings. The van der Waals surface area contributed by atoms with Gasteiger partial charge in [0.15, 0.2) is 0 Å². The van der Waals surface area contributed by atoms with Gasteiger partial charge in [-0.05, 0) is 13.8 Å². The van der Waals surface area contributed by atoms with Crippen LogP contribution in [0.1, 0.15) is 23.0 Å². The third kappa shape index (κ3) is 2.73. The lowest BCUT2D eigenvalue weighted by Gasteiger charge is -2.02. The molecule has 1 N–H and O–H groups in total. The summed E-state index contributed by atoms with van der Waals surface area (Å²) in [5.74, 6) is -1.35. The lowest BCUT2D eigenvalue weighted by atomic mass is 10.2. The third-order valence-electron chi connectivity index (χ3n) is 1.72. The Labute approximate surface area is 96.9 Å². The lowest BCUT2D eigenvalue weighted by molar-refractivity contribution is -0.114. The van der Waals surface area contributed by atoms with Crippen LogP contribution in [0.5, 0.6) is 0 Å². The van der Waals surface area contributed by atoms with E-state index in [-0.39, 0.29) is 23.9 Å². The van der Waals surface area contributed by atoms with Gasteiger partial charge in [0.1, 0.15) is 11.4 Å². The Morgan fingerprint density at radius 3 is 2.81 bits per heavy atom. The molecule has 0 unspecified atom stereocenters. The summed E-state index contributed by atoms with van der Waals surface area (Å²) in [6, 6.07) is 0. The Morgan fingerprint density at radius 1 is 1.56 bits per heavy atom. The summed E-state index contributed by atoms with van der Waals surface area (Å²) in [6.45, 7) is 3.48. The number of alkyl halides is 1. The molecule has 1 rings (SSSR count). The van der Waals surface area contributed by atoms with Gasteiger partial charge in [0.05, 0.1) is 12.3 Å². The zero-order valence-corrected chi connectivity index (χ0v) is 9.63. The Hall–Kier alpha value is -1.56. The van der Waals surface area contributed by atoms with Crippen molar-refractivity contribution in [3.8, 4) is 0 Å². The van der Waals surface area contributed by atoms with E-state index in [0.29, 0.717) is 5.69 Å². The summed E-state index contributed by atoms with van der Waals surface area (Å²) in [5, 5.41) is 5.89. The molecule has 6 nitrogen and oxygen atoms in total. The topological polar surface area (TPSA) is 81.4 Å². The first-order chi connectivity index (χ1) is 7.60. The van der Waals surface area contributed by atoms with Crippen LogP contribution in [0, 0.1) is 6.92 Å². The van der Waals surface area contributed by atoms with Crippen molar-refractivity contribution in [3.05, 3.63) is 11.3 Å². The number of hydrogen-bond acceptors (Lipinski definition) is 5. The van der Waals surface area contributed by atoms with Crippen LogP contribution < -0.4 is 5.32 Å². The number of carbonyl (C=O) groups is 2. The number of nitrogens with one attached hydrogen (secondary N) is 1. The summed E-state index contributed by atoms with van der Waals surface area (Å²) in [5.41, 5.74) is 0.462. The number of hydrogen-bond donors (Lipinski definition) is 1. The number of ether oxygens (including phenoxy) is 1. The van der Waals surface area contributed by atoms with Crippen LogP contribution in [-0.4, -0.2) is 29.5 Å². The van der Waals surface area contributed by atoms with Crippen LogP contribution in [0.15, 0.2) is 4.52 Å². The van der Waals surface area contributed by atoms with E-state index in [0.717, 1.165) is 0 Å². The molecule has 0 aliphatic carbocycles. The molecule has 16 heavy (non-hydrogen) atoms. The maximum absolute atomic E-state index is 11.5. The van der Waals surface area contributed by atoms with Gasteiger partial charge < -0.3 is 9.26 Å². The van der Waals surface area contributed by atoms with Gasteiger partial charge in [0.2, 0.25) is 11.8 Å². The monoisotopic (exact) mass is 246 g/mol. The van der Waals surface area contributed by atoms with Gasteiger partial charge >= 0.3 is 5.97 Å². The quantitative estimate of drug-likeness (QED) is 0.640. The predicted octanol–water partition coefficient (Wildman–Crippen LogP) is 1.34. The number of aromatic nitrogens is 1. The second-order valence-corrected chi connectivity index (χ2v) is 3.14. The number of nitrogens with zero attached hydrogens (tertiary/aromatic N) is 1. The largest absolute Gasteiger partial charge is 0.462 e. The van der Waals surface area contributed by atoms with Crippen molar-refractivity contribution in [1.82, 2.24) is 5.16 Å². The minimum Gasteiger partial charge on any atom is -0.462 e. The maximum atomic E-state index is 11.5. The summed E-state index contributed by atoms with van der Waals surface area (Å²) in [7, 11) is 0. The maximum Gasteiger partial charge on any atom is 0.345 e. The number of halogens is 1. The fraction of sp³-hybridized carbons (Fsp3) is 0.444. The molecule has 0 aliphatic rings. The van der Waals surface area contributed by atoms with E-state index < -0.39 is 11.9 Å². The molecule has 0 saturated heterocycles. The number of rotatable bonds is 4. The summed E-state index contributed by atoms with van der Waals surface area (Å²) in [4.78, 5) is 22.6. The minimum atomic E-state index is -0.592. The predicted molar refractivity (Wildman–Crippen MR) is 56.5 cm³/mol. The van der Waals surface area contributed by atoms with Crippen LogP contribution in [0.2, 0.25) is 0 Å². The molecule has 88 valence electrons. The van der Waals surface area contributed by atoms with E-state index >= 15 is 0 Å². The standard InChI is InChI=1S/C9H11ClN2O4/c1-3-15-9(14)7-5(2)12-16-8(7)11-6(13)4-10/h3-4H2,1-2H3,(H,11,13). The second kappa shape index (κ2) is 5.50. The second-order valence-electron chi connectivity index (χ2n) is 2.87. The van der Waals surface area contributed by atoms with E-state index in [4.69, 9.17) is 20.9 Å². The fourth-order valence-corrected chi connectivity index (χ4v) is 1.13. The van der Waals surface area contributed by atoms with Crippen molar-refractivity contribution in [2.45, 2.75) is 13.8 Å². The average molecular weight is 247 g/mol.